The van der Waals surface area contributed by atoms with E-state index in [1.165, 1.54) is 27.8 Å². The highest BCUT2D eigenvalue weighted by Crippen LogP contribution is 2.83. The first kappa shape index (κ1) is 27.0. The standard InChI is InChI=1S/C34H42P2/c1-25-15-12-13-19-30(25)32-26(2)16-14-20-31(32)36(34(6,7)8)35(33(3,4)5)29-23-21-28(22-24-29)27-17-10-9-11-18-27/h9-19,21-24,31H,20H2,1-8H3/t31?,35-,36+/m1/s1. The van der Waals surface area contributed by atoms with E-state index in [4.69, 9.17) is 0 Å². The van der Waals surface area contributed by atoms with Crippen molar-refractivity contribution < 1.29 is 0 Å². The van der Waals surface area contributed by atoms with Gasteiger partial charge in [0.25, 0.3) is 0 Å². The topological polar surface area (TPSA) is 0 Å². The summed E-state index contributed by atoms with van der Waals surface area (Å²) in [6, 6.07) is 29.4. The Morgan fingerprint density at radius 1 is 0.667 bits per heavy atom. The van der Waals surface area contributed by atoms with E-state index in [1.807, 2.05) is 0 Å². The summed E-state index contributed by atoms with van der Waals surface area (Å²) in [6.07, 6.45) is 5.95. The number of allylic oxidation sites excluding steroid dienone is 4. The van der Waals surface area contributed by atoms with Crippen LogP contribution in [0.2, 0.25) is 0 Å². The van der Waals surface area contributed by atoms with Crippen molar-refractivity contribution in [2.24, 2.45) is 0 Å². The van der Waals surface area contributed by atoms with E-state index < -0.39 is 7.61 Å². The van der Waals surface area contributed by atoms with Gasteiger partial charge in [0.05, 0.1) is 0 Å². The molecule has 1 aliphatic rings. The summed E-state index contributed by atoms with van der Waals surface area (Å²) in [5.41, 5.74) is 9.04. The van der Waals surface area contributed by atoms with Gasteiger partial charge < -0.3 is 0 Å². The molecule has 2 heteroatoms. The third kappa shape index (κ3) is 5.77. The summed E-state index contributed by atoms with van der Waals surface area (Å²) in [5, 5.41) is 2.00. The van der Waals surface area contributed by atoms with Crippen molar-refractivity contribution in [2.75, 3.05) is 0 Å². The lowest BCUT2D eigenvalue weighted by Crippen LogP contribution is -2.29. The predicted octanol–water partition coefficient (Wildman–Crippen LogP) is 10.6. The van der Waals surface area contributed by atoms with Crippen molar-refractivity contribution in [3.8, 4) is 11.1 Å². The number of hydrogen-bond donors (Lipinski definition) is 0. The molecule has 0 saturated carbocycles. The minimum Gasteiger partial charge on any atom is -0.0833 e. The molecule has 0 aromatic heterocycles. The molecule has 3 aromatic carbocycles. The molecule has 0 bridgehead atoms. The fourth-order valence-electron chi connectivity index (χ4n) is 5.50. The van der Waals surface area contributed by atoms with Gasteiger partial charge in [0, 0.05) is 5.66 Å². The summed E-state index contributed by atoms with van der Waals surface area (Å²) in [4.78, 5) is 0. The SMILES string of the molecule is CC1=C(c2ccccc2C)C([P@]([P@](c2ccc(-c3ccccc3)cc2)C(C)(C)C)C(C)(C)C)CC=C1. The minimum absolute atomic E-state index is 0.217. The van der Waals surface area contributed by atoms with Crippen LogP contribution in [0, 0.1) is 6.92 Å². The summed E-state index contributed by atoms with van der Waals surface area (Å²) in [7, 11) is -0.759. The van der Waals surface area contributed by atoms with Gasteiger partial charge in [-0.1, -0.05) is 140 Å². The van der Waals surface area contributed by atoms with Crippen LogP contribution in [0.1, 0.15) is 66.0 Å². The molecule has 0 fully saturated rings. The Kier molecular flexibility index (Phi) is 8.10. The second-order valence-electron chi connectivity index (χ2n) is 12.0. The fraction of sp³-hybridized carbons (Fsp3) is 0.353. The third-order valence-corrected chi connectivity index (χ3v) is 18.3. The zero-order chi connectivity index (χ0) is 26.1. The summed E-state index contributed by atoms with van der Waals surface area (Å²) in [5.74, 6) is 0. The van der Waals surface area contributed by atoms with Crippen molar-refractivity contribution in [1.29, 1.82) is 0 Å². The molecule has 1 aliphatic carbocycles. The molecule has 3 atom stereocenters. The quantitative estimate of drug-likeness (QED) is 0.298. The van der Waals surface area contributed by atoms with Crippen molar-refractivity contribution in [2.45, 2.75) is 77.8 Å². The Morgan fingerprint density at radius 3 is 1.83 bits per heavy atom. The van der Waals surface area contributed by atoms with Crippen LogP contribution < -0.4 is 5.30 Å². The zero-order valence-corrected chi connectivity index (χ0v) is 25.1. The molecule has 3 aromatic rings. The lowest BCUT2D eigenvalue weighted by Gasteiger charge is -2.50. The Labute approximate surface area is 222 Å². The average molecular weight is 513 g/mol. The molecule has 4 rings (SSSR count). The van der Waals surface area contributed by atoms with E-state index in [2.05, 4.69) is 146 Å². The molecule has 0 amide bonds. The third-order valence-electron chi connectivity index (χ3n) is 6.97. The smallest absolute Gasteiger partial charge is 0.0131 e. The second-order valence-corrected chi connectivity index (χ2v) is 19.6. The molecule has 0 spiro atoms. The van der Waals surface area contributed by atoms with Crippen molar-refractivity contribution in [3.05, 3.63) is 108 Å². The van der Waals surface area contributed by atoms with Crippen molar-refractivity contribution in [1.82, 2.24) is 0 Å². The maximum atomic E-state index is 2.50. The van der Waals surface area contributed by atoms with Gasteiger partial charge in [-0.3, -0.25) is 0 Å². The molecule has 1 unspecified atom stereocenters. The largest absolute Gasteiger partial charge is 0.0833 e. The van der Waals surface area contributed by atoms with Gasteiger partial charge in [0.15, 0.2) is 0 Å². The van der Waals surface area contributed by atoms with Gasteiger partial charge in [-0.2, -0.15) is 0 Å². The highest BCUT2D eigenvalue weighted by molar-refractivity contribution is 8.34. The van der Waals surface area contributed by atoms with Gasteiger partial charge in [-0.25, -0.2) is 0 Å². The van der Waals surface area contributed by atoms with Crippen LogP contribution in [0.3, 0.4) is 0 Å². The Balaban J connectivity index is 1.84. The number of rotatable bonds is 5. The Bertz CT molecular complexity index is 1230. The summed E-state index contributed by atoms with van der Waals surface area (Å²) >= 11 is 0. The first-order valence-corrected chi connectivity index (χ1v) is 16.6. The van der Waals surface area contributed by atoms with E-state index >= 15 is 0 Å². The second kappa shape index (κ2) is 10.8. The van der Waals surface area contributed by atoms with E-state index in [0.717, 1.165) is 6.42 Å². The maximum absolute atomic E-state index is 2.50. The van der Waals surface area contributed by atoms with E-state index in [9.17, 15) is 0 Å². The van der Waals surface area contributed by atoms with Crippen LogP contribution >= 0.6 is 15.2 Å². The van der Waals surface area contributed by atoms with E-state index in [0.29, 0.717) is 5.66 Å². The highest BCUT2D eigenvalue weighted by atomic mass is 32.1. The summed E-state index contributed by atoms with van der Waals surface area (Å²) in [6.45, 7) is 19.5. The van der Waals surface area contributed by atoms with Crippen LogP contribution in [0.5, 0.6) is 0 Å². The average Bonchev–Trinajstić information content (AvgIpc) is 2.82. The summed E-state index contributed by atoms with van der Waals surface area (Å²) < 4.78 is 0. The van der Waals surface area contributed by atoms with Gasteiger partial charge in [-0.15, -0.1) is 0 Å². The van der Waals surface area contributed by atoms with Gasteiger partial charge in [-0.05, 0) is 76.9 Å². The Hall–Kier alpha value is -2.00. The van der Waals surface area contributed by atoms with E-state index in [-0.39, 0.29) is 17.9 Å². The molecule has 0 nitrogen and oxygen atoms in total. The Morgan fingerprint density at radius 2 is 1.25 bits per heavy atom. The number of hydrogen-bond acceptors (Lipinski definition) is 0. The highest BCUT2D eigenvalue weighted by Gasteiger charge is 2.45. The monoisotopic (exact) mass is 512 g/mol. The molecular formula is C34H42P2. The van der Waals surface area contributed by atoms with Crippen LogP contribution in [0.25, 0.3) is 16.7 Å². The van der Waals surface area contributed by atoms with Crippen molar-refractivity contribution in [3.63, 3.8) is 0 Å². The molecule has 0 saturated heterocycles. The minimum atomic E-state index is -0.401. The zero-order valence-electron chi connectivity index (χ0n) is 23.3. The number of aryl methyl sites for hydroxylation is 1. The lowest BCUT2D eigenvalue weighted by molar-refractivity contribution is 0.769. The molecule has 0 aliphatic heterocycles. The van der Waals surface area contributed by atoms with Gasteiger partial charge in [0.2, 0.25) is 0 Å². The van der Waals surface area contributed by atoms with Crippen LogP contribution in [-0.2, 0) is 0 Å². The first-order valence-electron chi connectivity index (χ1n) is 13.2. The molecule has 188 valence electrons. The van der Waals surface area contributed by atoms with Gasteiger partial charge in [0.1, 0.15) is 0 Å². The molecule has 36 heavy (non-hydrogen) atoms. The normalized spacial score (nSPS) is 18.3. The molecular weight excluding hydrogens is 470 g/mol. The number of benzene rings is 3. The van der Waals surface area contributed by atoms with Gasteiger partial charge >= 0.3 is 0 Å². The molecule has 0 N–H and O–H groups in total. The van der Waals surface area contributed by atoms with Crippen LogP contribution in [-0.4, -0.2) is 16.0 Å². The van der Waals surface area contributed by atoms with Crippen LogP contribution in [0.15, 0.2) is 96.6 Å². The van der Waals surface area contributed by atoms with Crippen molar-refractivity contribution >= 4 is 26.1 Å². The maximum Gasteiger partial charge on any atom is 0.0131 e. The first-order chi connectivity index (χ1) is 17.0. The fourth-order valence-corrected chi connectivity index (χ4v) is 16.7. The molecule has 0 heterocycles. The van der Waals surface area contributed by atoms with Crippen LogP contribution in [0.4, 0.5) is 0 Å². The lowest BCUT2D eigenvalue weighted by atomic mass is 9.89. The van der Waals surface area contributed by atoms with E-state index in [1.54, 1.807) is 10.9 Å². The molecule has 0 radical (unpaired) electrons. The predicted molar refractivity (Wildman–Crippen MR) is 166 cm³/mol.